The van der Waals surface area contributed by atoms with Gasteiger partial charge in [-0.3, -0.25) is 9.59 Å². The van der Waals surface area contributed by atoms with Gasteiger partial charge in [0.2, 0.25) is 11.8 Å². The molecule has 0 saturated heterocycles. The summed E-state index contributed by atoms with van der Waals surface area (Å²) in [5, 5.41) is 3.56. The Bertz CT molecular complexity index is 1300. The van der Waals surface area contributed by atoms with Crippen molar-refractivity contribution in [3.8, 4) is 0 Å². The molecule has 0 saturated carbocycles. The van der Waals surface area contributed by atoms with Crippen LogP contribution in [0.1, 0.15) is 24.7 Å². The lowest BCUT2D eigenvalue weighted by molar-refractivity contribution is -0.120. The van der Waals surface area contributed by atoms with Gasteiger partial charge >= 0.3 is 0 Å². The van der Waals surface area contributed by atoms with Crippen LogP contribution in [0.25, 0.3) is 11.0 Å². The first kappa shape index (κ1) is 24.5. The van der Waals surface area contributed by atoms with Crippen LogP contribution in [-0.4, -0.2) is 34.5 Å². The molecule has 1 heterocycles. The van der Waals surface area contributed by atoms with Crippen molar-refractivity contribution in [2.45, 2.75) is 32.7 Å². The maximum Gasteiger partial charge on any atom is 0.246 e. The maximum absolute atomic E-state index is 13.3. The van der Waals surface area contributed by atoms with Crippen molar-refractivity contribution in [3.05, 3.63) is 95.3 Å². The minimum Gasteiger partial charge on any atom is -0.356 e. The molecule has 6 nitrogen and oxygen atoms in total. The molecule has 0 atom stereocenters. The zero-order valence-corrected chi connectivity index (χ0v) is 20.5. The Hall–Kier alpha value is -3.64. The molecule has 0 bridgehead atoms. The number of rotatable bonds is 10. The van der Waals surface area contributed by atoms with Gasteiger partial charge in [-0.15, -0.1) is 0 Å². The lowest BCUT2D eigenvalue weighted by Crippen LogP contribution is -2.34. The van der Waals surface area contributed by atoms with Gasteiger partial charge in [0.25, 0.3) is 0 Å². The quantitative estimate of drug-likeness (QED) is 0.318. The number of hydrogen-bond donors (Lipinski definition) is 1. The molecular weight excluding hydrogens is 460 g/mol. The summed E-state index contributed by atoms with van der Waals surface area (Å²) in [6, 6.07) is 24.9. The number of carbonyl (C=O) groups is 2. The van der Waals surface area contributed by atoms with Crippen molar-refractivity contribution in [2.24, 2.45) is 0 Å². The van der Waals surface area contributed by atoms with E-state index in [1.54, 1.807) is 11.0 Å². The van der Waals surface area contributed by atoms with E-state index in [0.29, 0.717) is 31.0 Å². The van der Waals surface area contributed by atoms with Gasteiger partial charge in [0.15, 0.2) is 0 Å². The molecule has 0 radical (unpaired) electrons. The number of amides is 2. The third-order valence-electron chi connectivity index (χ3n) is 5.92. The van der Waals surface area contributed by atoms with Crippen molar-refractivity contribution in [1.29, 1.82) is 0 Å². The SMILES string of the molecule is CCN(C(=O)Cn1c(CCCNC(=O)Cc2ccccc2Cl)nc2ccccc21)c1ccccc1. The van der Waals surface area contributed by atoms with E-state index in [4.69, 9.17) is 16.6 Å². The highest BCUT2D eigenvalue weighted by molar-refractivity contribution is 6.31. The highest BCUT2D eigenvalue weighted by Crippen LogP contribution is 2.20. The summed E-state index contributed by atoms with van der Waals surface area (Å²) < 4.78 is 1.99. The number of imidazole rings is 1. The third kappa shape index (κ3) is 6.08. The maximum atomic E-state index is 13.3. The number of carbonyl (C=O) groups excluding carboxylic acids is 2. The predicted octanol–water partition coefficient (Wildman–Crippen LogP) is 5.03. The van der Waals surface area contributed by atoms with Crippen LogP contribution in [0.15, 0.2) is 78.9 Å². The summed E-state index contributed by atoms with van der Waals surface area (Å²) >= 11 is 6.16. The number of benzene rings is 3. The van der Waals surface area contributed by atoms with Crippen LogP contribution < -0.4 is 10.2 Å². The van der Waals surface area contributed by atoms with Crippen LogP contribution in [0.3, 0.4) is 0 Å². The van der Waals surface area contributed by atoms with Crippen LogP contribution >= 0.6 is 11.6 Å². The van der Waals surface area contributed by atoms with Crippen molar-refractivity contribution in [1.82, 2.24) is 14.9 Å². The van der Waals surface area contributed by atoms with Gasteiger partial charge < -0.3 is 14.8 Å². The van der Waals surface area contributed by atoms with Gasteiger partial charge in [0.05, 0.1) is 17.5 Å². The van der Waals surface area contributed by atoms with Crippen LogP contribution in [0.2, 0.25) is 5.02 Å². The van der Waals surface area contributed by atoms with E-state index in [-0.39, 0.29) is 24.8 Å². The number of para-hydroxylation sites is 3. The highest BCUT2D eigenvalue weighted by Gasteiger charge is 2.18. The van der Waals surface area contributed by atoms with Gasteiger partial charge in [-0.05, 0) is 49.2 Å². The number of halogens is 1. The molecule has 3 aromatic carbocycles. The zero-order valence-electron chi connectivity index (χ0n) is 19.8. The van der Waals surface area contributed by atoms with Crippen LogP contribution in [0.5, 0.6) is 0 Å². The molecule has 2 amide bonds. The summed E-state index contributed by atoms with van der Waals surface area (Å²) in [5.41, 5.74) is 3.49. The fourth-order valence-corrected chi connectivity index (χ4v) is 4.38. The smallest absolute Gasteiger partial charge is 0.246 e. The van der Waals surface area contributed by atoms with Gasteiger partial charge in [-0.1, -0.05) is 60.1 Å². The summed E-state index contributed by atoms with van der Waals surface area (Å²) in [5.74, 6) is 0.781. The third-order valence-corrected chi connectivity index (χ3v) is 6.29. The lowest BCUT2D eigenvalue weighted by Gasteiger charge is -2.22. The Kier molecular flexibility index (Phi) is 8.16. The van der Waals surface area contributed by atoms with Crippen LogP contribution in [0, 0.1) is 0 Å². The van der Waals surface area contributed by atoms with E-state index in [1.165, 1.54) is 0 Å². The molecule has 35 heavy (non-hydrogen) atoms. The second-order valence-corrected chi connectivity index (χ2v) is 8.71. The molecule has 0 fully saturated rings. The monoisotopic (exact) mass is 488 g/mol. The zero-order chi connectivity index (χ0) is 24.6. The molecule has 0 aliphatic carbocycles. The fraction of sp³-hybridized carbons (Fsp3) is 0.250. The molecule has 1 aromatic heterocycles. The summed E-state index contributed by atoms with van der Waals surface area (Å²) in [6.45, 7) is 3.29. The molecule has 4 aromatic rings. The van der Waals surface area contributed by atoms with Crippen LogP contribution in [-0.2, 0) is 29.0 Å². The van der Waals surface area contributed by atoms with E-state index in [9.17, 15) is 9.59 Å². The second-order valence-electron chi connectivity index (χ2n) is 8.30. The summed E-state index contributed by atoms with van der Waals surface area (Å²) in [6.07, 6.45) is 1.60. The second kappa shape index (κ2) is 11.7. The minimum absolute atomic E-state index is 0.0103. The number of aryl methyl sites for hydroxylation is 1. The van der Waals surface area contributed by atoms with Crippen LogP contribution in [0.4, 0.5) is 5.69 Å². The molecule has 0 aliphatic heterocycles. The highest BCUT2D eigenvalue weighted by atomic mass is 35.5. The fourth-order valence-electron chi connectivity index (χ4n) is 4.18. The Morgan fingerprint density at radius 3 is 2.46 bits per heavy atom. The number of nitrogens with zero attached hydrogens (tertiary/aromatic N) is 3. The largest absolute Gasteiger partial charge is 0.356 e. The predicted molar refractivity (Wildman–Crippen MR) is 141 cm³/mol. The van der Waals surface area contributed by atoms with Crippen molar-refractivity contribution < 1.29 is 9.59 Å². The Labute approximate surface area is 210 Å². The van der Waals surface area contributed by atoms with E-state index in [1.807, 2.05) is 84.3 Å². The minimum atomic E-state index is -0.0665. The Morgan fingerprint density at radius 1 is 0.971 bits per heavy atom. The molecule has 0 spiro atoms. The van der Waals surface area contributed by atoms with E-state index in [0.717, 1.165) is 28.1 Å². The van der Waals surface area contributed by atoms with E-state index < -0.39 is 0 Å². The summed E-state index contributed by atoms with van der Waals surface area (Å²) in [7, 11) is 0. The first-order valence-corrected chi connectivity index (χ1v) is 12.2. The number of anilines is 1. The van der Waals surface area contributed by atoms with Gasteiger partial charge in [-0.25, -0.2) is 4.98 Å². The molecule has 4 rings (SSSR count). The molecular formula is C28H29ClN4O2. The average molecular weight is 489 g/mol. The topological polar surface area (TPSA) is 67.2 Å². The first-order chi connectivity index (χ1) is 17.1. The van der Waals surface area contributed by atoms with Crippen molar-refractivity contribution in [2.75, 3.05) is 18.0 Å². The standard InChI is InChI=1S/C28H29ClN4O2/c1-2-32(22-12-4-3-5-13-22)28(35)20-33-25-16-9-8-15-24(25)31-26(33)17-10-18-30-27(34)19-21-11-6-7-14-23(21)29/h3-9,11-16H,2,10,17-20H2,1H3,(H,30,34). The van der Waals surface area contributed by atoms with Gasteiger partial charge in [-0.2, -0.15) is 0 Å². The molecule has 1 N–H and O–H groups in total. The lowest BCUT2D eigenvalue weighted by atomic mass is 10.1. The Morgan fingerprint density at radius 2 is 1.69 bits per heavy atom. The van der Waals surface area contributed by atoms with Crippen molar-refractivity contribution in [3.63, 3.8) is 0 Å². The molecule has 7 heteroatoms. The molecule has 0 aliphatic rings. The normalized spacial score (nSPS) is 10.9. The molecule has 0 unspecified atom stereocenters. The van der Waals surface area contributed by atoms with Gasteiger partial charge in [0, 0.05) is 30.2 Å². The Balaban J connectivity index is 1.41. The number of likely N-dealkylation sites (N-methyl/N-ethyl adjacent to an activating group) is 1. The van der Waals surface area contributed by atoms with Gasteiger partial charge in [0.1, 0.15) is 12.4 Å². The van der Waals surface area contributed by atoms with E-state index in [2.05, 4.69) is 5.32 Å². The number of aromatic nitrogens is 2. The number of nitrogens with one attached hydrogen (secondary N) is 1. The number of fused-ring (bicyclic) bond motifs is 1. The first-order valence-electron chi connectivity index (χ1n) is 11.9. The molecule has 180 valence electrons. The summed E-state index contributed by atoms with van der Waals surface area (Å²) in [4.78, 5) is 32.2. The number of hydrogen-bond acceptors (Lipinski definition) is 3. The van der Waals surface area contributed by atoms with E-state index >= 15 is 0 Å². The van der Waals surface area contributed by atoms with Crippen molar-refractivity contribution >= 4 is 40.1 Å². The average Bonchev–Trinajstić information content (AvgIpc) is 3.21.